The average molecular weight is 221 g/mol. The molecule has 1 unspecified atom stereocenters. The van der Waals surface area contributed by atoms with Crippen LogP contribution in [0.25, 0.3) is 0 Å². The molecule has 1 aliphatic rings. The van der Waals surface area contributed by atoms with Gasteiger partial charge in [0.1, 0.15) is 11.9 Å². The lowest BCUT2D eigenvalue weighted by atomic mass is 10.2. The number of primary amides is 1. The highest BCUT2D eigenvalue weighted by atomic mass is 16.3. The number of aliphatic hydroxyl groups excluding tert-OH is 1. The summed E-state index contributed by atoms with van der Waals surface area (Å²) < 4.78 is 0. The molecule has 1 amide bonds. The Kier molecular flexibility index (Phi) is 3.05. The fraction of sp³-hybridized carbons (Fsp3) is 0.455. The molecule has 0 aromatic carbocycles. The quantitative estimate of drug-likeness (QED) is 0.658. The summed E-state index contributed by atoms with van der Waals surface area (Å²) in [6.45, 7) is 0.0983. The van der Waals surface area contributed by atoms with Gasteiger partial charge in [-0.2, -0.15) is 0 Å². The Morgan fingerprint density at radius 1 is 1.56 bits per heavy atom. The molecule has 5 heteroatoms. The smallest absolute Gasteiger partial charge is 0.248 e. The zero-order valence-corrected chi connectivity index (χ0v) is 8.94. The molecule has 86 valence electrons. The number of fused-ring (bicyclic) bond motifs is 1. The van der Waals surface area contributed by atoms with Crippen LogP contribution in [-0.2, 0) is 17.6 Å². The number of rotatable bonds is 4. The van der Waals surface area contributed by atoms with Crippen LogP contribution in [-0.4, -0.2) is 28.6 Å². The van der Waals surface area contributed by atoms with E-state index in [9.17, 15) is 9.90 Å². The van der Waals surface area contributed by atoms with Crippen LogP contribution in [0.5, 0.6) is 0 Å². The van der Waals surface area contributed by atoms with Gasteiger partial charge in [0.25, 0.3) is 0 Å². The van der Waals surface area contributed by atoms with Crippen LogP contribution in [0.15, 0.2) is 12.1 Å². The Labute approximate surface area is 93.7 Å². The molecule has 1 heterocycles. The topological polar surface area (TPSA) is 88.2 Å². The Hall–Kier alpha value is -1.62. The highest BCUT2D eigenvalue weighted by Gasteiger charge is 2.14. The van der Waals surface area contributed by atoms with Gasteiger partial charge < -0.3 is 16.2 Å². The number of nitrogens with one attached hydrogen (secondary N) is 1. The van der Waals surface area contributed by atoms with E-state index in [-0.39, 0.29) is 6.54 Å². The first-order chi connectivity index (χ1) is 7.66. The summed E-state index contributed by atoms with van der Waals surface area (Å²) >= 11 is 0. The lowest BCUT2D eigenvalue weighted by Crippen LogP contribution is -2.34. The molecule has 0 aliphatic heterocycles. The van der Waals surface area contributed by atoms with Gasteiger partial charge in [0.05, 0.1) is 6.54 Å². The molecule has 1 atom stereocenters. The number of anilines is 1. The Bertz CT molecular complexity index is 406. The highest BCUT2D eigenvalue weighted by Crippen LogP contribution is 2.21. The summed E-state index contributed by atoms with van der Waals surface area (Å²) in [6.07, 6.45) is 2.07. The first kappa shape index (κ1) is 10.9. The molecule has 5 nitrogen and oxygen atoms in total. The SMILES string of the molecule is NC(=O)C(O)CNc1ccc2c(n1)CCC2. The van der Waals surface area contributed by atoms with Crippen molar-refractivity contribution in [3.63, 3.8) is 0 Å². The minimum atomic E-state index is -1.17. The minimum absolute atomic E-state index is 0.0983. The number of amides is 1. The molecule has 1 aromatic heterocycles. The second-order valence-electron chi connectivity index (χ2n) is 3.95. The number of pyridine rings is 1. The molecule has 0 bridgehead atoms. The molecular weight excluding hydrogens is 206 g/mol. The molecule has 4 N–H and O–H groups in total. The maximum absolute atomic E-state index is 10.6. The first-order valence-electron chi connectivity index (χ1n) is 5.37. The van der Waals surface area contributed by atoms with Crippen molar-refractivity contribution in [1.82, 2.24) is 4.98 Å². The van der Waals surface area contributed by atoms with Crippen LogP contribution in [0.1, 0.15) is 17.7 Å². The van der Waals surface area contributed by atoms with Gasteiger partial charge in [0.2, 0.25) is 5.91 Å². The van der Waals surface area contributed by atoms with E-state index in [0.29, 0.717) is 5.82 Å². The van der Waals surface area contributed by atoms with E-state index < -0.39 is 12.0 Å². The van der Waals surface area contributed by atoms with Crippen molar-refractivity contribution >= 4 is 11.7 Å². The number of hydrogen-bond donors (Lipinski definition) is 3. The van der Waals surface area contributed by atoms with E-state index in [2.05, 4.69) is 10.3 Å². The van der Waals surface area contributed by atoms with Gasteiger partial charge in [-0.05, 0) is 30.9 Å². The molecule has 0 saturated carbocycles. The van der Waals surface area contributed by atoms with E-state index in [4.69, 9.17) is 5.73 Å². The normalized spacial score (nSPS) is 15.6. The van der Waals surface area contributed by atoms with Gasteiger partial charge in [0, 0.05) is 5.69 Å². The maximum Gasteiger partial charge on any atom is 0.248 e. The van der Waals surface area contributed by atoms with Crippen molar-refractivity contribution in [2.75, 3.05) is 11.9 Å². The number of aryl methyl sites for hydroxylation is 2. The zero-order valence-electron chi connectivity index (χ0n) is 8.94. The number of carbonyl (C=O) groups is 1. The minimum Gasteiger partial charge on any atom is -0.381 e. The summed E-state index contributed by atoms with van der Waals surface area (Å²) in [7, 11) is 0. The Morgan fingerprint density at radius 3 is 3.12 bits per heavy atom. The van der Waals surface area contributed by atoms with Crippen molar-refractivity contribution in [3.05, 3.63) is 23.4 Å². The van der Waals surface area contributed by atoms with Crippen LogP contribution in [0.4, 0.5) is 5.82 Å². The van der Waals surface area contributed by atoms with Crippen LogP contribution < -0.4 is 11.1 Å². The fourth-order valence-corrected chi connectivity index (χ4v) is 1.82. The van der Waals surface area contributed by atoms with E-state index in [0.717, 1.165) is 25.0 Å². The molecule has 2 rings (SSSR count). The first-order valence-corrected chi connectivity index (χ1v) is 5.37. The van der Waals surface area contributed by atoms with E-state index >= 15 is 0 Å². The molecule has 0 saturated heterocycles. The molecule has 0 spiro atoms. The number of nitrogens with zero attached hydrogens (tertiary/aromatic N) is 1. The summed E-state index contributed by atoms with van der Waals surface area (Å²) in [4.78, 5) is 15.0. The maximum atomic E-state index is 10.6. The van der Waals surface area contributed by atoms with Gasteiger partial charge >= 0.3 is 0 Å². The monoisotopic (exact) mass is 221 g/mol. The fourth-order valence-electron chi connectivity index (χ4n) is 1.82. The molecule has 1 aliphatic carbocycles. The number of hydrogen-bond acceptors (Lipinski definition) is 4. The highest BCUT2D eigenvalue weighted by molar-refractivity contribution is 5.79. The Balaban J connectivity index is 1.98. The van der Waals surface area contributed by atoms with Gasteiger partial charge in [-0.1, -0.05) is 6.07 Å². The lowest BCUT2D eigenvalue weighted by molar-refractivity contribution is -0.125. The summed E-state index contributed by atoms with van der Waals surface area (Å²) in [6, 6.07) is 3.90. The molecular formula is C11H15N3O2. The third-order valence-corrected chi connectivity index (χ3v) is 2.73. The third kappa shape index (κ3) is 2.30. The van der Waals surface area contributed by atoms with Crippen LogP contribution in [0, 0.1) is 0 Å². The van der Waals surface area contributed by atoms with Gasteiger partial charge in [-0.3, -0.25) is 4.79 Å². The second kappa shape index (κ2) is 4.49. The lowest BCUT2D eigenvalue weighted by Gasteiger charge is -2.09. The van der Waals surface area contributed by atoms with Gasteiger partial charge in [-0.25, -0.2) is 4.98 Å². The van der Waals surface area contributed by atoms with Gasteiger partial charge in [-0.15, -0.1) is 0 Å². The summed E-state index contributed by atoms with van der Waals surface area (Å²) in [5, 5.41) is 12.1. The zero-order chi connectivity index (χ0) is 11.5. The van der Waals surface area contributed by atoms with Gasteiger partial charge in [0.15, 0.2) is 0 Å². The second-order valence-corrected chi connectivity index (χ2v) is 3.95. The number of nitrogens with two attached hydrogens (primary N) is 1. The number of aliphatic hydroxyl groups is 1. The van der Waals surface area contributed by atoms with Crippen LogP contribution in [0.2, 0.25) is 0 Å². The summed E-state index contributed by atoms with van der Waals surface area (Å²) in [5.41, 5.74) is 7.34. The van der Waals surface area contributed by atoms with E-state index in [1.165, 1.54) is 5.56 Å². The predicted octanol–water partition coefficient (Wildman–Crippen LogP) is -0.172. The van der Waals surface area contributed by atoms with Crippen molar-refractivity contribution in [2.24, 2.45) is 5.73 Å². The predicted molar refractivity (Wildman–Crippen MR) is 60.0 cm³/mol. The standard InChI is InChI=1S/C11H15N3O2/c12-11(16)9(15)6-13-10-5-4-7-2-1-3-8(7)14-10/h4-5,9,15H,1-3,6H2,(H2,12,16)(H,13,14). The van der Waals surface area contributed by atoms with Crippen molar-refractivity contribution in [1.29, 1.82) is 0 Å². The van der Waals surface area contributed by atoms with E-state index in [1.54, 1.807) is 0 Å². The van der Waals surface area contributed by atoms with Crippen LogP contribution >= 0.6 is 0 Å². The van der Waals surface area contributed by atoms with Crippen LogP contribution in [0.3, 0.4) is 0 Å². The average Bonchev–Trinajstić information content (AvgIpc) is 2.72. The van der Waals surface area contributed by atoms with Crippen molar-refractivity contribution in [3.8, 4) is 0 Å². The number of aromatic nitrogens is 1. The Morgan fingerprint density at radius 2 is 2.38 bits per heavy atom. The van der Waals surface area contributed by atoms with E-state index in [1.807, 2.05) is 12.1 Å². The molecule has 1 aromatic rings. The number of carbonyl (C=O) groups excluding carboxylic acids is 1. The molecule has 16 heavy (non-hydrogen) atoms. The third-order valence-electron chi connectivity index (χ3n) is 2.73. The van der Waals surface area contributed by atoms with Crippen molar-refractivity contribution in [2.45, 2.75) is 25.4 Å². The molecule has 0 radical (unpaired) electrons. The van der Waals surface area contributed by atoms with Crippen molar-refractivity contribution < 1.29 is 9.90 Å². The largest absolute Gasteiger partial charge is 0.381 e. The molecule has 0 fully saturated rings. The summed E-state index contributed by atoms with van der Waals surface area (Å²) in [5.74, 6) is -0.0467.